The molecule has 0 unspecified atom stereocenters. The van der Waals surface area contributed by atoms with Crippen LogP contribution in [0.5, 0.6) is 5.75 Å². The Morgan fingerprint density at radius 3 is 2.75 bits per heavy atom. The molecule has 5 nitrogen and oxygen atoms in total. The minimum Gasteiger partial charge on any atom is -0.493 e. The zero-order valence-electron chi connectivity index (χ0n) is 13.0. The summed E-state index contributed by atoms with van der Waals surface area (Å²) >= 11 is 6.07. The highest BCUT2D eigenvalue weighted by atomic mass is 35.5. The second-order valence-corrected chi connectivity index (χ2v) is 6.07. The maximum absolute atomic E-state index is 12.5. The fourth-order valence-corrected chi connectivity index (χ4v) is 3.07. The highest BCUT2D eigenvalue weighted by molar-refractivity contribution is 6.33. The van der Waals surface area contributed by atoms with Crippen molar-refractivity contribution in [3.8, 4) is 5.75 Å². The number of aromatic carboxylic acids is 1. The summed E-state index contributed by atoms with van der Waals surface area (Å²) in [6.45, 7) is 2.25. The third-order valence-corrected chi connectivity index (χ3v) is 4.33. The smallest absolute Gasteiger partial charge is 0.335 e. The molecular weight excluding hydrogens is 330 g/mol. The molecular formula is C18H16ClNO4. The molecule has 1 heterocycles. The van der Waals surface area contributed by atoms with Crippen molar-refractivity contribution in [1.82, 2.24) is 5.32 Å². The highest BCUT2D eigenvalue weighted by Crippen LogP contribution is 2.36. The van der Waals surface area contributed by atoms with Crippen LogP contribution in [0, 0.1) is 6.92 Å². The predicted octanol–water partition coefficient (Wildman–Crippen LogP) is 3.60. The zero-order chi connectivity index (χ0) is 17.3. The van der Waals surface area contributed by atoms with Crippen LogP contribution in [0.3, 0.4) is 0 Å². The number of hydrogen-bond donors (Lipinski definition) is 2. The molecule has 0 aliphatic carbocycles. The van der Waals surface area contributed by atoms with E-state index in [0.717, 1.165) is 5.56 Å². The normalized spacial score (nSPS) is 16.0. The number of halogens is 1. The van der Waals surface area contributed by atoms with E-state index in [9.17, 15) is 14.7 Å². The Morgan fingerprint density at radius 1 is 1.29 bits per heavy atom. The van der Waals surface area contributed by atoms with Crippen LogP contribution in [0.1, 0.15) is 44.3 Å². The Hall–Kier alpha value is -2.53. The minimum absolute atomic E-state index is 0.175. The average molecular weight is 346 g/mol. The lowest BCUT2D eigenvalue weighted by Crippen LogP contribution is -2.32. The molecule has 0 radical (unpaired) electrons. The average Bonchev–Trinajstić information content (AvgIpc) is 2.55. The van der Waals surface area contributed by atoms with Gasteiger partial charge in [0.05, 0.1) is 28.8 Å². The second kappa shape index (κ2) is 6.53. The number of carboxylic acids is 1. The standard InChI is InChI=1S/C18H16ClNO4/c1-10-8-11(18(22)23)9-13-15(6-7-24-16(10)13)20-17(21)12-4-2-3-5-14(12)19/h2-5,8-9,15H,6-7H2,1H3,(H,20,21)(H,22,23)/t15-/m1/s1. The van der Waals surface area contributed by atoms with Crippen molar-refractivity contribution >= 4 is 23.5 Å². The third kappa shape index (κ3) is 3.08. The molecule has 1 aliphatic rings. The van der Waals surface area contributed by atoms with Gasteiger partial charge in [-0.25, -0.2) is 4.79 Å². The van der Waals surface area contributed by atoms with Gasteiger partial charge in [-0.2, -0.15) is 0 Å². The number of carbonyl (C=O) groups excluding carboxylic acids is 1. The topological polar surface area (TPSA) is 75.6 Å². The molecule has 3 rings (SSSR count). The number of fused-ring (bicyclic) bond motifs is 1. The first-order valence-electron chi connectivity index (χ1n) is 7.53. The molecule has 1 atom stereocenters. The van der Waals surface area contributed by atoms with Gasteiger partial charge in [-0.05, 0) is 36.8 Å². The molecule has 124 valence electrons. The number of hydrogen-bond acceptors (Lipinski definition) is 3. The molecule has 1 amide bonds. The number of carboxylic acid groups (broad SMARTS) is 1. The lowest BCUT2D eigenvalue weighted by Gasteiger charge is -2.28. The van der Waals surface area contributed by atoms with Gasteiger partial charge in [0.2, 0.25) is 0 Å². The summed E-state index contributed by atoms with van der Waals surface area (Å²) in [5.41, 5.74) is 1.98. The van der Waals surface area contributed by atoms with Crippen molar-refractivity contribution in [2.24, 2.45) is 0 Å². The van der Waals surface area contributed by atoms with Gasteiger partial charge in [-0.3, -0.25) is 4.79 Å². The number of aryl methyl sites for hydroxylation is 1. The molecule has 2 aromatic carbocycles. The zero-order valence-corrected chi connectivity index (χ0v) is 13.8. The van der Waals surface area contributed by atoms with E-state index in [0.29, 0.717) is 34.9 Å². The highest BCUT2D eigenvalue weighted by Gasteiger charge is 2.26. The van der Waals surface area contributed by atoms with Gasteiger partial charge in [0.15, 0.2) is 0 Å². The summed E-state index contributed by atoms with van der Waals surface area (Å²) < 4.78 is 5.66. The van der Waals surface area contributed by atoms with E-state index in [1.165, 1.54) is 0 Å². The Morgan fingerprint density at radius 2 is 2.04 bits per heavy atom. The van der Waals surface area contributed by atoms with Crippen molar-refractivity contribution in [3.05, 3.63) is 63.7 Å². The monoisotopic (exact) mass is 345 g/mol. The number of benzene rings is 2. The molecule has 0 aromatic heterocycles. The number of nitrogens with one attached hydrogen (secondary N) is 1. The Labute approximate surface area is 144 Å². The van der Waals surface area contributed by atoms with E-state index in [-0.39, 0.29) is 17.5 Å². The summed E-state index contributed by atoms with van der Waals surface area (Å²) in [5.74, 6) is -0.671. The molecule has 1 aliphatic heterocycles. The van der Waals surface area contributed by atoms with Crippen molar-refractivity contribution in [2.75, 3.05) is 6.61 Å². The van der Waals surface area contributed by atoms with Crippen molar-refractivity contribution in [2.45, 2.75) is 19.4 Å². The quantitative estimate of drug-likeness (QED) is 0.891. The molecule has 2 N–H and O–H groups in total. The second-order valence-electron chi connectivity index (χ2n) is 5.66. The minimum atomic E-state index is -1.01. The Bertz CT molecular complexity index is 819. The number of carbonyl (C=O) groups is 2. The fourth-order valence-electron chi connectivity index (χ4n) is 2.85. The van der Waals surface area contributed by atoms with Gasteiger partial charge < -0.3 is 15.2 Å². The maximum atomic E-state index is 12.5. The predicted molar refractivity (Wildman–Crippen MR) is 89.9 cm³/mol. The van der Waals surface area contributed by atoms with E-state index in [4.69, 9.17) is 16.3 Å². The van der Waals surface area contributed by atoms with Crippen LogP contribution in [0.2, 0.25) is 5.02 Å². The van der Waals surface area contributed by atoms with Gasteiger partial charge in [0, 0.05) is 12.0 Å². The largest absolute Gasteiger partial charge is 0.493 e. The van der Waals surface area contributed by atoms with Gasteiger partial charge in [-0.15, -0.1) is 0 Å². The molecule has 0 saturated heterocycles. The lowest BCUT2D eigenvalue weighted by molar-refractivity contribution is 0.0696. The fraction of sp³-hybridized carbons (Fsp3) is 0.222. The molecule has 0 spiro atoms. The summed E-state index contributed by atoms with van der Waals surface area (Å²) in [5, 5.41) is 12.5. The first kappa shape index (κ1) is 16.3. The first-order chi connectivity index (χ1) is 11.5. The van der Waals surface area contributed by atoms with E-state index < -0.39 is 5.97 Å². The van der Waals surface area contributed by atoms with Crippen LogP contribution in [-0.2, 0) is 0 Å². The van der Waals surface area contributed by atoms with Gasteiger partial charge in [0.1, 0.15) is 5.75 Å². The number of ether oxygens (including phenoxy) is 1. The van der Waals surface area contributed by atoms with Crippen molar-refractivity contribution < 1.29 is 19.4 Å². The molecule has 0 bridgehead atoms. The van der Waals surface area contributed by atoms with Gasteiger partial charge >= 0.3 is 5.97 Å². The van der Waals surface area contributed by atoms with Crippen LogP contribution in [-0.4, -0.2) is 23.6 Å². The van der Waals surface area contributed by atoms with Crippen LogP contribution in [0.25, 0.3) is 0 Å². The number of rotatable bonds is 3. The van der Waals surface area contributed by atoms with Crippen LogP contribution in [0.15, 0.2) is 36.4 Å². The van der Waals surface area contributed by atoms with Crippen molar-refractivity contribution in [1.29, 1.82) is 0 Å². The van der Waals surface area contributed by atoms with E-state index in [2.05, 4.69) is 5.32 Å². The summed E-state index contributed by atoms with van der Waals surface area (Å²) in [4.78, 5) is 23.8. The molecule has 24 heavy (non-hydrogen) atoms. The van der Waals surface area contributed by atoms with Crippen molar-refractivity contribution in [3.63, 3.8) is 0 Å². The Balaban J connectivity index is 1.93. The molecule has 2 aromatic rings. The lowest BCUT2D eigenvalue weighted by atomic mass is 9.95. The molecule has 0 fully saturated rings. The first-order valence-corrected chi connectivity index (χ1v) is 7.91. The number of amides is 1. The Kier molecular flexibility index (Phi) is 4.44. The van der Waals surface area contributed by atoms with Gasteiger partial charge in [0.25, 0.3) is 5.91 Å². The summed E-state index contributed by atoms with van der Waals surface area (Å²) in [6, 6.07) is 9.60. The summed E-state index contributed by atoms with van der Waals surface area (Å²) in [7, 11) is 0. The SMILES string of the molecule is Cc1cc(C(=O)O)cc2c1OCC[C@H]2NC(=O)c1ccccc1Cl. The van der Waals surface area contributed by atoms with Gasteiger partial charge in [-0.1, -0.05) is 23.7 Å². The maximum Gasteiger partial charge on any atom is 0.335 e. The third-order valence-electron chi connectivity index (χ3n) is 4.00. The molecule has 0 saturated carbocycles. The van der Waals surface area contributed by atoms with E-state index in [1.807, 2.05) is 0 Å². The van der Waals surface area contributed by atoms with E-state index in [1.54, 1.807) is 43.3 Å². The summed E-state index contributed by atoms with van der Waals surface area (Å²) in [6.07, 6.45) is 0.561. The van der Waals surface area contributed by atoms with E-state index >= 15 is 0 Å². The van der Waals surface area contributed by atoms with Crippen LogP contribution >= 0.6 is 11.6 Å². The van der Waals surface area contributed by atoms with Crippen LogP contribution < -0.4 is 10.1 Å². The molecule has 6 heteroatoms. The van der Waals surface area contributed by atoms with Crippen LogP contribution in [0.4, 0.5) is 0 Å².